The Bertz CT molecular complexity index is 473. The van der Waals surface area contributed by atoms with Crippen molar-refractivity contribution < 1.29 is 9.66 Å². The molecule has 0 saturated carbocycles. The van der Waals surface area contributed by atoms with Crippen LogP contribution in [0.5, 0.6) is 0 Å². The van der Waals surface area contributed by atoms with Gasteiger partial charge < -0.3 is 10.1 Å². The lowest BCUT2D eigenvalue weighted by atomic mass is 9.92. The van der Waals surface area contributed by atoms with Crippen molar-refractivity contribution in [1.82, 2.24) is 5.32 Å². The lowest BCUT2D eigenvalue weighted by Crippen LogP contribution is -2.46. The molecule has 2 rings (SSSR count). The molecule has 6 heteroatoms. The number of non-ortho nitro benzene ring substituents is 1. The lowest BCUT2D eigenvalue weighted by molar-refractivity contribution is -0.384. The van der Waals surface area contributed by atoms with E-state index in [0.29, 0.717) is 11.6 Å². The summed E-state index contributed by atoms with van der Waals surface area (Å²) in [5, 5.41) is 14.7. The zero-order chi connectivity index (χ0) is 13.9. The fourth-order valence-electron chi connectivity index (χ4n) is 2.12. The van der Waals surface area contributed by atoms with Crippen LogP contribution >= 0.6 is 11.6 Å². The van der Waals surface area contributed by atoms with Crippen LogP contribution in [0.3, 0.4) is 0 Å². The van der Waals surface area contributed by atoms with Gasteiger partial charge in [0.2, 0.25) is 0 Å². The third-order valence-corrected chi connectivity index (χ3v) is 3.91. The van der Waals surface area contributed by atoms with Crippen molar-refractivity contribution >= 4 is 17.3 Å². The van der Waals surface area contributed by atoms with Crippen LogP contribution in [0.25, 0.3) is 0 Å². The van der Waals surface area contributed by atoms with E-state index in [9.17, 15) is 10.1 Å². The summed E-state index contributed by atoms with van der Waals surface area (Å²) in [5.41, 5.74) is 0.827. The molecule has 0 aliphatic carbocycles. The minimum Gasteiger partial charge on any atom is -0.381 e. The molecule has 0 aromatic heterocycles. The predicted octanol–water partition coefficient (Wildman–Crippen LogP) is 2.91. The van der Waals surface area contributed by atoms with E-state index >= 15 is 0 Å². The van der Waals surface area contributed by atoms with Crippen molar-refractivity contribution in [2.75, 3.05) is 13.2 Å². The molecule has 0 unspecified atom stereocenters. The molecule has 1 aromatic carbocycles. The Labute approximate surface area is 117 Å². The molecule has 1 aliphatic heterocycles. The molecule has 0 amide bonds. The zero-order valence-corrected chi connectivity index (χ0v) is 11.6. The highest BCUT2D eigenvalue weighted by Gasteiger charge is 2.26. The first kappa shape index (κ1) is 14.2. The van der Waals surface area contributed by atoms with Gasteiger partial charge in [-0.1, -0.05) is 11.6 Å². The maximum atomic E-state index is 10.8. The second kappa shape index (κ2) is 5.86. The van der Waals surface area contributed by atoms with Gasteiger partial charge in [-0.15, -0.1) is 0 Å². The molecule has 5 nitrogen and oxygen atoms in total. The summed E-state index contributed by atoms with van der Waals surface area (Å²) in [6, 6.07) is 4.52. The molecule has 0 radical (unpaired) electrons. The maximum Gasteiger partial charge on any atom is 0.269 e. The van der Waals surface area contributed by atoms with Crippen LogP contribution in [0.2, 0.25) is 5.02 Å². The third kappa shape index (κ3) is 3.65. The Morgan fingerprint density at radius 1 is 1.47 bits per heavy atom. The predicted molar refractivity (Wildman–Crippen MR) is 73.4 cm³/mol. The van der Waals surface area contributed by atoms with E-state index in [2.05, 4.69) is 12.2 Å². The number of hydrogen-bond donors (Lipinski definition) is 1. The number of nitro benzene ring substituents is 1. The number of hydrogen-bond acceptors (Lipinski definition) is 4. The summed E-state index contributed by atoms with van der Waals surface area (Å²) in [6.07, 6.45) is 1.86. The normalized spacial score (nSPS) is 18.2. The molecule has 0 atom stereocenters. The molecule has 1 aromatic rings. The van der Waals surface area contributed by atoms with E-state index in [1.165, 1.54) is 12.1 Å². The van der Waals surface area contributed by atoms with Gasteiger partial charge in [0.1, 0.15) is 0 Å². The van der Waals surface area contributed by atoms with E-state index in [-0.39, 0.29) is 11.2 Å². The van der Waals surface area contributed by atoms with Crippen molar-refractivity contribution in [1.29, 1.82) is 0 Å². The Morgan fingerprint density at radius 2 is 2.16 bits per heavy atom. The van der Waals surface area contributed by atoms with Gasteiger partial charge in [0, 0.05) is 42.5 Å². The number of ether oxygens (including phenoxy) is 1. The highest BCUT2D eigenvalue weighted by atomic mass is 35.5. The number of benzene rings is 1. The summed E-state index contributed by atoms with van der Waals surface area (Å²) in [6.45, 7) is 4.15. The highest BCUT2D eigenvalue weighted by molar-refractivity contribution is 6.31. The molecule has 1 N–H and O–H groups in total. The second-order valence-corrected chi connectivity index (χ2v) is 5.47. The quantitative estimate of drug-likeness (QED) is 0.682. The standard InChI is InChI=1S/C13H17ClN2O3/c1-13(4-6-19-7-5-13)15-9-10-8-11(16(17)18)2-3-12(10)14/h2-3,8,15H,4-7,9H2,1H3. The van der Waals surface area contributed by atoms with Crippen molar-refractivity contribution in [2.24, 2.45) is 0 Å². The van der Waals surface area contributed by atoms with Crippen molar-refractivity contribution in [3.05, 3.63) is 38.9 Å². The van der Waals surface area contributed by atoms with Gasteiger partial charge in [-0.05, 0) is 31.4 Å². The maximum absolute atomic E-state index is 10.8. The SMILES string of the molecule is CC1(NCc2cc([N+](=O)[O-])ccc2Cl)CCOCC1. The fraction of sp³-hybridized carbons (Fsp3) is 0.538. The molecule has 1 aliphatic rings. The first-order valence-electron chi connectivity index (χ1n) is 6.26. The molecule has 1 saturated heterocycles. The van der Waals surface area contributed by atoms with Crippen LogP contribution in [-0.4, -0.2) is 23.7 Å². The Morgan fingerprint density at radius 3 is 2.79 bits per heavy atom. The minimum atomic E-state index is -0.407. The summed E-state index contributed by atoms with van der Waals surface area (Å²) < 4.78 is 5.34. The van der Waals surface area contributed by atoms with Gasteiger partial charge in [0.05, 0.1) is 4.92 Å². The van der Waals surface area contributed by atoms with E-state index < -0.39 is 4.92 Å². The third-order valence-electron chi connectivity index (χ3n) is 3.54. The average Bonchev–Trinajstić information content (AvgIpc) is 2.38. The molecule has 1 fully saturated rings. The van der Waals surface area contributed by atoms with Gasteiger partial charge in [-0.2, -0.15) is 0 Å². The Kier molecular flexibility index (Phi) is 4.39. The monoisotopic (exact) mass is 284 g/mol. The topological polar surface area (TPSA) is 64.4 Å². The number of nitro groups is 1. The van der Waals surface area contributed by atoms with Crippen LogP contribution in [0.15, 0.2) is 18.2 Å². The number of rotatable bonds is 4. The number of nitrogens with zero attached hydrogens (tertiary/aromatic N) is 1. The summed E-state index contributed by atoms with van der Waals surface area (Å²) in [7, 11) is 0. The highest BCUT2D eigenvalue weighted by Crippen LogP contribution is 2.24. The minimum absolute atomic E-state index is 0.00615. The first-order valence-corrected chi connectivity index (χ1v) is 6.64. The summed E-state index contributed by atoms with van der Waals surface area (Å²) in [5.74, 6) is 0. The van der Waals surface area contributed by atoms with Gasteiger partial charge in [-0.3, -0.25) is 10.1 Å². The van der Waals surface area contributed by atoms with Gasteiger partial charge >= 0.3 is 0 Å². The molecule has 0 bridgehead atoms. The van der Waals surface area contributed by atoms with E-state index in [1.54, 1.807) is 6.07 Å². The van der Waals surface area contributed by atoms with Crippen molar-refractivity contribution in [3.63, 3.8) is 0 Å². The van der Waals surface area contributed by atoms with Gasteiger partial charge in [-0.25, -0.2) is 0 Å². The van der Waals surface area contributed by atoms with Crippen LogP contribution in [0, 0.1) is 10.1 Å². The van der Waals surface area contributed by atoms with Crippen LogP contribution in [0.1, 0.15) is 25.3 Å². The van der Waals surface area contributed by atoms with Crippen molar-refractivity contribution in [3.8, 4) is 0 Å². The molecule has 1 heterocycles. The Balaban J connectivity index is 2.06. The fourth-order valence-corrected chi connectivity index (χ4v) is 2.30. The molecular formula is C13H17ClN2O3. The smallest absolute Gasteiger partial charge is 0.269 e. The molecule has 104 valence electrons. The summed E-state index contributed by atoms with van der Waals surface area (Å²) >= 11 is 6.08. The van der Waals surface area contributed by atoms with E-state index in [0.717, 1.165) is 31.6 Å². The van der Waals surface area contributed by atoms with E-state index in [4.69, 9.17) is 16.3 Å². The summed E-state index contributed by atoms with van der Waals surface area (Å²) in [4.78, 5) is 10.4. The number of halogens is 1. The average molecular weight is 285 g/mol. The molecule has 19 heavy (non-hydrogen) atoms. The first-order chi connectivity index (χ1) is 9.00. The molecule has 0 spiro atoms. The lowest BCUT2D eigenvalue weighted by Gasteiger charge is -2.34. The van der Waals surface area contributed by atoms with Crippen LogP contribution < -0.4 is 5.32 Å². The van der Waals surface area contributed by atoms with E-state index in [1.807, 2.05) is 0 Å². The molecular weight excluding hydrogens is 268 g/mol. The zero-order valence-electron chi connectivity index (χ0n) is 10.8. The van der Waals surface area contributed by atoms with Crippen molar-refractivity contribution in [2.45, 2.75) is 31.8 Å². The van der Waals surface area contributed by atoms with Crippen LogP contribution in [-0.2, 0) is 11.3 Å². The largest absolute Gasteiger partial charge is 0.381 e. The number of nitrogens with one attached hydrogen (secondary N) is 1. The van der Waals surface area contributed by atoms with Gasteiger partial charge in [0.15, 0.2) is 0 Å². The van der Waals surface area contributed by atoms with Crippen LogP contribution in [0.4, 0.5) is 5.69 Å². The Hall–Kier alpha value is -1.17. The second-order valence-electron chi connectivity index (χ2n) is 5.06. The van der Waals surface area contributed by atoms with Gasteiger partial charge in [0.25, 0.3) is 5.69 Å².